The molecule has 7 rings (SSSR count). The Balaban J connectivity index is 1.14. The summed E-state index contributed by atoms with van der Waals surface area (Å²) in [6.07, 6.45) is 12.6. The number of hydrogen-bond acceptors (Lipinski definition) is 6. The molecule has 0 bridgehead atoms. The van der Waals surface area contributed by atoms with Crippen LogP contribution in [-0.2, 0) is 11.2 Å². The van der Waals surface area contributed by atoms with E-state index in [4.69, 9.17) is 14.2 Å². The van der Waals surface area contributed by atoms with E-state index in [0.29, 0.717) is 41.1 Å². The summed E-state index contributed by atoms with van der Waals surface area (Å²) in [5.41, 5.74) is 3.73. The number of benzene rings is 1. The van der Waals surface area contributed by atoms with Gasteiger partial charge in [-0.15, -0.1) is 0 Å². The number of nitrogens with zero attached hydrogens (tertiary/aromatic N) is 1. The zero-order chi connectivity index (χ0) is 27.1. The summed E-state index contributed by atoms with van der Waals surface area (Å²) in [5, 5.41) is 10.4. The Morgan fingerprint density at radius 2 is 2.00 bits per heavy atom. The zero-order valence-corrected chi connectivity index (χ0v) is 24.1. The monoisotopic (exact) mass is 535 g/mol. The normalized spacial score (nSPS) is 40.7. The fraction of sp³-hybridized carbons (Fsp3) is 0.727. The second-order valence-corrected chi connectivity index (χ2v) is 14.0. The molecule has 4 aliphatic carbocycles. The van der Waals surface area contributed by atoms with E-state index in [1.807, 2.05) is 0 Å². The summed E-state index contributed by atoms with van der Waals surface area (Å²) in [6.45, 7) is 6.06. The Labute approximate surface area is 233 Å². The first kappa shape index (κ1) is 25.9. The maximum Gasteiger partial charge on any atom is 0.231 e. The lowest BCUT2D eigenvalue weighted by atomic mass is 9.44. The summed E-state index contributed by atoms with van der Waals surface area (Å²) in [6, 6.07) is 2.06. The van der Waals surface area contributed by atoms with Crippen LogP contribution in [0.15, 0.2) is 17.7 Å². The third-order valence-electron chi connectivity index (χ3n) is 12.4. The number of allylic oxidation sites excluding steroid dienone is 2. The number of likely N-dealkylation sites (N-methyl/N-ethyl adjacent to an activating group) is 1. The Bertz CT molecular complexity index is 1210. The molecule has 1 aromatic rings. The van der Waals surface area contributed by atoms with Gasteiger partial charge >= 0.3 is 0 Å². The van der Waals surface area contributed by atoms with Gasteiger partial charge in [-0.2, -0.15) is 0 Å². The lowest BCUT2D eigenvalue weighted by Crippen LogP contribution is -2.53. The number of ether oxygens (including phenoxy) is 3. The fourth-order valence-corrected chi connectivity index (χ4v) is 10.3. The lowest BCUT2D eigenvalue weighted by molar-refractivity contribution is -0.126. The molecule has 0 radical (unpaired) electrons. The fourth-order valence-electron chi connectivity index (χ4n) is 10.3. The molecule has 1 N–H and O–H groups in total. The first-order valence-electron chi connectivity index (χ1n) is 15.4. The number of aliphatic hydroxyl groups is 1. The largest absolute Gasteiger partial charge is 0.492 e. The molecule has 0 spiro atoms. The van der Waals surface area contributed by atoms with E-state index in [2.05, 4.69) is 37.9 Å². The smallest absolute Gasteiger partial charge is 0.231 e. The molecule has 3 fully saturated rings. The van der Waals surface area contributed by atoms with Crippen LogP contribution in [0.3, 0.4) is 0 Å². The summed E-state index contributed by atoms with van der Waals surface area (Å²) >= 11 is 0. The van der Waals surface area contributed by atoms with Crippen molar-refractivity contribution in [3.63, 3.8) is 0 Å². The Morgan fingerprint density at radius 3 is 2.82 bits per heavy atom. The van der Waals surface area contributed by atoms with Crippen molar-refractivity contribution < 1.29 is 24.1 Å². The van der Waals surface area contributed by atoms with Crippen LogP contribution in [-0.4, -0.2) is 49.4 Å². The second kappa shape index (κ2) is 9.24. The van der Waals surface area contributed by atoms with Crippen LogP contribution in [0, 0.1) is 34.5 Å². The third kappa shape index (κ3) is 3.76. The van der Waals surface area contributed by atoms with Gasteiger partial charge in [0.25, 0.3) is 0 Å². The van der Waals surface area contributed by atoms with E-state index in [-0.39, 0.29) is 24.4 Å². The standard InChI is InChI=1S/C33H45NO5/c1-32-12-9-21(35)16-20(32)5-6-22-23-7-8-25(33(23,2)13-10-24(22)32)27(36)17-26-29-19(11-14-34(26)3)15-28-30(31(29)37-4)39-18-38-28/h8,15,20-24,26,35H,5-7,9-14,16-18H2,1-4H3/t20-,21-,22-,23+,24+,26-,32-,33-/m0/s1. The first-order chi connectivity index (χ1) is 18.7. The average Bonchev–Trinajstić information content (AvgIpc) is 3.53. The number of hydrogen-bond donors (Lipinski definition) is 1. The molecule has 6 aliphatic rings. The summed E-state index contributed by atoms with van der Waals surface area (Å²) in [4.78, 5) is 16.5. The second-order valence-electron chi connectivity index (χ2n) is 14.0. The topological polar surface area (TPSA) is 68.2 Å². The van der Waals surface area contributed by atoms with E-state index in [1.54, 1.807) is 7.11 Å². The third-order valence-corrected chi connectivity index (χ3v) is 12.4. The number of ketones is 1. The predicted molar refractivity (Wildman–Crippen MR) is 149 cm³/mol. The summed E-state index contributed by atoms with van der Waals surface area (Å²) in [5.74, 6) is 5.12. The van der Waals surface area contributed by atoms with Gasteiger partial charge in [0.05, 0.1) is 13.2 Å². The molecule has 6 heteroatoms. The minimum Gasteiger partial charge on any atom is -0.492 e. The molecule has 0 unspecified atom stereocenters. The minimum absolute atomic E-state index is 0.0231. The van der Waals surface area contributed by atoms with Gasteiger partial charge in [0, 0.05) is 24.6 Å². The van der Waals surface area contributed by atoms with E-state index in [1.165, 1.54) is 24.8 Å². The Kier molecular flexibility index (Phi) is 6.13. The molecule has 39 heavy (non-hydrogen) atoms. The Hall–Kier alpha value is -2.05. The van der Waals surface area contributed by atoms with Crippen molar-refractivity contribution in [3.8, 4) is 17.2 Å². The van der Waals surface area contributed by atoms with Crippen molar-refractivity contribution in [2.24, 2.45) is 34.5 Å². The van der Waals surface area contributed by atoms with Crippen LogP contribution < -0.4 is 14.2 Å². The molecule has 6 nitrogen and oxygen atoms in total. The lowest BCUT2D eigenvalue weighted by Gasteiger charge is -2.60. The minimum atomic E-state index is -0.104. The molecule has 0 saturated heterocycles. The quantitative estimate of drug-likeness (QED) is 0.522. The molecule has 212 valence electrons. The van der Waals surface area contributed by atoms with Gasteiger partial charge in [-0.1, -0.05) is 19.9 Å². The molecule has 1 aromatic carbocycles. The van der Waals surface area contributed by atoms with Gasteiger partial charge in [-0.3, -0.25) is 9.69 Å². The maximum atomic E-state index is 14.2. The van der Waals surface area contributed by atoms with Crippen LogP contribution in [0.4, 0.5) is 0 Å². The van der Waals surface area contributed by atoms with Crippen LogP contribution in [0.2, 0.25) is 0 Å². The molecule has 0 amide bonds. The van der Waals surface area contributed by atoms with Gasteiger partial charge in [-0.25, -0.2) is 0 Å². The van der Waals surface area contributed by atoms with Crippen molar-refractivity contribution in [3.05, 3.63) is 28.8 Å². The molecular weight excluding hydrogens is 490 g/mol. The van der Waals surface area contributed by atoms with Gasteiger partial charge in [0.1, 0.15) is 0 Å². The molecule has 2 aliphatic heterocycles. The van der Waals surface area contributed by atoms with E-state index in [0.717, 1.165) is 73.6 Å². The average molecular weight is 536 g/mol. The first-order valence-corrected chi connectivity index (χ1v) is 15.4. The van der Waals surface area contributed by atoms with E-state index in [9.17, 15) is 9.90 Å². The van der Waals surface area contributed by atoms with Crippen LogP contribution >= 0.6 is 0 Å². The van der Waals surface area contributed by atoms with Crippen molar-refractivity contribution >= 4 is 5.78 Å². The van der Waals surface area contributed by atoms with Gasteiger partial charge in [-0.05, 0) is 117 Å². The zero-order valence-electron chi connectivity index (χ0n) is 24.1. The number of methoxy groups -OCH3 is 1. The summed E-state index contributed by atoms with van der Waals surface area (Å²) in [7, 11) is 3.82. The van der Waals surface area contributed by atoms with E-state index >= 15 is 0 Å². The number of carbonyl (C=O) groups excluding carboxylic acids is 1. The number of rotatable bonds is 4. The highest BCUT2D eigenvalue weighted by Gasteiger charge is 2.59. The molecule has 2 heterocycles. The highest BCUT2D eigenvalue weighted by atomic mass is 16.7. The Morgan fingerprint density at radius 1 is 1.15 bits per heavy atom. The van der Waals surface area contributed by atoms with Crippen LogP contribution in [0.1, 0.15) is 88.8 Å². The highest BCUT2D eigenvalue weighted by molar-refractivity contribution is 5.97. The van der Waals surface area contributed by atoms with E-state index < -0.39 is 0 Å². The predicted octanol–water partition coefficient (Wildman–Crippen LogP) is 5.85. The molecular formula is C33H45NO5. The highest BCUT2D eigenvalue weighted by Crippen LogP contribution is 2.66. The number of carbonyl (C=O) groups is 1. The van der Waals surface area contributed by atoms with Gasteiger partial charge < -0.3 is 19.3 Å². The maximum absolute atomic E-state index is 14.2. The number of fused-ring (bicyclic) bond motifs is 7. The van der Waals surface area contributed by atoms with Crippen molar-refractivity contribution in [2.75, 3.05) is 27.5 Å². The number of aliphatic hydroxyl groups excluding tert-OH is 1. The molecule has 0 aromatic heterocycles. The SMILES string of the molecule is COc1c2c(cc3c1[C@H](CC(=O)C1=CC[C@@H]4[C@@H]5CC[C@H]6C[C@@H](O)CC[C@]6(C)[C@@H]5CC[C@]14C)N(C)CC3)OCO2. The van der Waals surface area contributed by atoms with Crippen molar-refractivity contribution in [1.29, 1.82) is 0 Å². The van der Waals surface area contributed by atoms with Crippen molar-refractivity contribution in [1.82, 2.24) is 4.90 Å². The number of Topliss-reactive ketones (excluding diaryl/α,β-unsaturated/α-hetero) is 1. The molecule has 8 atom stereocenters. The van der Waals surface area contributed by atoms with Gasteiger partial charge in [0.2, 0.25) is 12.5 Å². The van der Waals surface area contributed by atoms with Crippen LogP contribution in [0.25, 0.3) is 0 Å². The van der Waals surface area contributed by atoms with Crippen molar-refractivity contribution in [2.45, 2.75) is 90.2 Å². The molecule has 3 saturated carbocycles. The van der Waals surface area contributed by atoms with Crippen LogP contribution in [0.5, 0.6) is 17.2 Å². The van der Waals surface area contributed by atoms with Gasteiger partial charge in [0.15, 0.2) is 17.3 Å². The summed E-state index contributed by atoms with van der Waals surface area (Å²) < 4.78 is 17.4.